The van der Waals surface area contributed by atoms with Gasteiger partial charge in [-0.2, -0.15) is 5.10 Å². The van der Waals surface area contributed by atoms with E-state index >= 15 is 0 Å². The molecule has 168 valence electrons. The summed E-state index contributed by atoms with van der Waals surface area (Å²) in [6.45, 7) is 3.76. The molecule has 0 aliphatic heterocycles. The number of nitrogens with zero attached hydrogens (tertiary/aromatic N) is 4. The number of carbonyl (C=O) groups excluding carboxylic acids is 2. The minimum atomic E-state index is -0.567. The summed E-state index contributed by atoms with van der Waals surface area (Å²) >= 11 is 0. The zero-order valence-corrected chi connectivity index (χ0v) is 18.9. The molecule has 4 aromatic rings. The van der Waals surface area contributed by atoms with Gasteiger partial charge in [-0.25, -0.2) is 9.50 Å². The first-order chi connectivity index (χ1) is 15.9. The van der Waals surface area contributed by atoms with Gasteiger partial charge in [0.05, 0.1) is 17.6 Å². The molecule has 4 rings (SSSR count). The van der Waals surface area contributed by atoms with E-state index < -0.39 is 5.91 Å². The maximum atomic E-state index is 12.8. The van der Waals surface area contributed by atoms with Gasteiger partial charge in [-0.05, 0) is 50.1 Å². The molecule has 2 heterocycles. The van der Waals surface area contributed by atoms with Crippen molar-refractivity contribution in [2.45, 2.75) is 26.7 Å². The van der Waals surface area contributed by atoms with Crippen LogP contribution in [-0.2, 0) is 11.2 Å². The van der Waals surface area contributed by atoms with E-state index in [-0.39, 0.29) is 17.9 Å². The Kier molecular flexibility index (Phi) is 6.08. The largest absolute Gasteiger partial charge is 0.365 e. The summed E-state index contributed by atoms with van der Waals surface area (Å²) < 4.78 is 1.60. The zero-order valence-electron chi connectivity index (χ0n) is 18.9. The van der Waals surface area contributed by atoms with Crippen LogP contribution in [0.4, 0.5) is 17.1 Å². The Morgan fingerprint density at radius 3 is 2.48 bits per heavy atom. The fourth-order valence-electron chi connectivity index (χ4n) is 3.96. The van der Waals surface area contributed by atoms with Crippen LogP contribution >= 0.6 is 0 Å². The molecule has 3 N–H and O–H groups in total. The second kappa shape index (κ2) is 9.12. The van der Waals surface area contributed by atoms with Crippen LogP contribution in [0.1, 0.15) is 33.7 Å². The van der Waals surface area contributed by atoms with Crippen molar-refractivity contribution >= 4 is 34.5 Å². The Morgan fingerprint density at radius 2 is 1.76 bits per heavy atom. The van der Waals surface area contributed by atoms with Crippen molar-refractivity contribution in [3.05, 3.63) is 83.3 Å². The predicted molar refractivity (Wildman–Crippen MR) is 129 cm³/mol. The van der Waals surface area contributed by atoms with E-state index in [1.807, 2.05) is 80.4 Å². The van der Waals surface area contributed by atoms with Gasteiger partial charge in [0.25, 0.3) is 5.91 Å². The van der Waals surface area contributed by atoms with E-state index in [0.29, 0.717) is 12.1 Å². The van der Waals surface area contributed by atoms with Gasteiger partial charge in [0, 0.05) is 30.5 Å². The van der Waals surface area contributed by atoms with E-state index in [1.165, 1.54) is 6.20 Å². The van der Waals surface area contributed by atoms with E-state index in [9.17, 15) is 9.59 Å². The molecular formula is C25H26N6O2. The number of hydrogen-bond donors (Lipinski definition) is 2. The lowest BCUT2D eigenvalue weighted by atomic mass is 10.1. The first-order valence-electron chi connectivity index (χ1n) is 10.7. The third kappa shape index (κ3) is 4.41. The van der Waals surface area contributed by atoms with Crippen molar-refractivity contribution < 1.29 is 9.59 Å². The fraction of sp³-hybridized carbons (Fsp3) is 0.200. The van der Waals surface area contributed by atoms with Gasteiger partial charge in [-0.1, -0.05) is 30.3 Å². The van der Waals surface area contributed by atoms with Crippen molar-refractivity contribution in [1.82, 2.24) is 14.6 Å². The third-order valence-corrected chi connectivity index (χ3v) is 5.76. The van der Waals surface area contributed by atoms with E-state index in [0.717, 1.165) is 34.0 Å². The molecule has 2 aromatic heterocycles. The quantitative estimate of drug-likeness (QED) is 0.453. The van der Waals surface area contributed by atoms with Crippen molar-refractivity contribution in [1.29, 1.82) is 0 Å². The average molecular weight is 443 g/mol. The molecule has 0 saturated heterocycles. The van der Waals surface area contributed by atoms with Crippen molar-refractivity contribution in [2.24, 2.45) is 5.73 Å². The van der Waals surface area contributed by atoms with Crippen LogP contribution < -0.4 is 16.0 Å². The number of aromatic nitrogens is 3. The number of fused-ring (bicyclic) bond motifs is 1. The first-order valence-corrected chi connectivity index (χ1v) is 10.7. The van der Waals surface area contributed by atoms with Gasteiger partial charge < -0.3 is 16.0 Å². The molecule has 33 heavy (non-hydrogen) atoms. The molecule has 2 amide bonds. The Labute approximate surface area is 192 Å². The van der Waals surface area contributed by atoms with E-state index in [4.69, 9.17) is 5.73 Å². The number of carbonyl (C=O) groups is 2. The molecular weight excluding hydrogens is 416 g/mol. The molecule has 0 aliphatic rings. The monoisotopic (exact) mass is 442 g/mol. The topological polar surface area (TPSA) is 106 Å². The van der Waals surface area contributed by atoms with Crippen molar-refractivity contribution in [2.75, 3.05) is 17.3 Å². The smallest absolute Gasteiger partial charge is 0.254 e. The maximum Gasteiger partial charge on any atom is 0.254 e. The van der Waals surface area contributed by atoms with Crippen LogP contribution in [0, 0.1) is 13.8 Å². The minimum Gasteiger partial charge on any atom is -0.365 e. The van der Waals surface area contributed by atoms with E-state index in [2.05, 4.69) is 15.4 Å². The molecule has 0 spiro atoms. The normalized spacial score (nSPS) is 10.9. The highest BCUT2D eigenvalue weighted by Gasteiger charge is 2.18. The molecule has 0 radical (unpaired) electrons. The molecule has 0 saturated carbocycles. The average Bonchev–Trinajstić information content (AvgIpc) is 3.23. The van der Waals surface area contributed by atoms with Crippen LogP contribution in [0.25, 0.3) is 5.65 Å². The number of aryl methyl sites for hydroxylation is 2. The Balaban J connectivity index is 1.51. The Morgan fingerprint density at radius 1 is 1.06 bits per heavy atom. The summed E-state index contributed by atoms with van der Waals surface area (Å²) in [6.07, 6.45) is 2.20. The molecule has 0 aliphatic carbocycles. The van der Waals surface area contributed by atoms with Gasteiger partial charge in [0.15, 0.2) is 5.65 Å². The van der Waals surface area contributed by atoms with Crippen LogP contribution in [-0.4, -0.2) is 33.5 Å². The lowest BCUT2D eigenvalue weighted by Crippen LogP contribution is -2.18. The predicted octanol–water partition coefficient (Wildman–Crippen LogP) is 3.78. The third-order valence-electron chi connectivity index (χ3n) is 5.76. The molecule has 2 aromatic carbocycles. The number of rotatable bonds is 7. The highest BCUT2D eigenvalue weighted by Crippen LogP contribution is 2.30. The fourth-order valence-corrected chi connectivity index (χ4v) is 3.96. The molecule has 0 bridgehead atoms. The number of hydrogen-bond acceptors (Lipinski definition) is 5. The zero-order chi connectivity index (χ0) is 23.5. The summed E-state index contributed by atoms with van der Waals surface area (Å²) in [7, 11) is 1.97. The number of para-hydroxylation sites is 3. The van der Waals surface area contributed by atoms with Crippen LogP contribution in [0.15, 0.2) is 60.8 Å². The van der Waals surface area contributed by atoms with Crippen LogP contribution in [0.5, 0.6) is 0 Å². The maximum absolute atomic E-state index is 12.8. The number of nitrogens with two attached hydrogens (primary N) is 1. The Bertz CT molecular complexity index is 1330. The van der Waals surface area contributed by atoms with Gasteiger partial charge in [-0.3, -0.25) is 9.59 Å². The van der Waals surface area contributed by atoms with Gasteiger partial charge in [0.1, 0.15) is 5.56 Å². The molecule has 0 fully saturated rings. The summed E-state index contributed by atoms with van der Waals surface area (Å²) in [6, 6.07) is 17.7. The standard InChI is InChI=1S/C25H26N6O2/c1-16-19(17(2)31-25(28-16)20(15-27-31)24(26)33)13-14-23(32)29-21-11-7-8-12-22(21)30(3)18-9-5-4-6-10-18/h4-12,15H,13-14H2,1-3H3,(H2,26,33)(H,29,32). The Hall–Kier alpha value is -4.20. The van der Waals surface area contributed by atoms with Crippen LogP contribution in [0.2, 0.25) is 0 Å². The highest BCUT2D eigenvalue weighted by atomic mass is 16.2. The lowest BCUT2D eigenvalue weighted by molar-refractivity contribution is -0.116. The van der Waals surface area contributed by atoms with Crippen LogP contribution in [0.3, 0.4) is 0 Å². The number of primary amides is 1. The summed E-state index contributed by atoms with van der Waals surface area (Å²) in [5.74, 6) is -0.663. The summed E-state index contributed by atoms with van der Waals surface area (Å²) in [4.78, 5) is 31.0. The summed E-state index contributed by atoms with van der Waals surface area (Å²) in [5.41, 5.74) is 11.3. The first kappa shape index (κ1) is 22.0. The second-order valence-electron chi connectivity index (χ2n) is 7.88. The molecule has 0 atom stereocenters. The number of anilines is 3. The molecule has 8 heteroatoms. The number of nitrogens with one attached hydrogen (secondary N) is 1. The lowest BCUT2D eigenvalue weighted by Gasteiger charge is -2.22. The highest BCUT2D eigenvalue weighted by molar-refractivity contribution is 5.98. The molecule has 0 unspecified atom stereocenters. The van der Waals surface area contributed by atoms with Gasteiger partial charge >= 0.3 is 0 Å². The number of benzene rings is 2. The number of amides is 2. The van der Waals surface area contributed by atoms with Gasteiger partial charge in [0.2, 0.25) is 5.91 Å². The second-order valence-corrected chi connectivity index (χ2v) is 7.88. The minimum absolute atomic E-state index is 0.0962. The molecule has 8 nitrogen and oxygen atoms in total. The van der Waals surface area contributed by atoms with Gasteiger partial charge in [-0.15, -0.1) is 0 Å². The summed E-state index contributed by atoms with van der Waals surface area (Å²) in [5, 5.41) is 7.29. The van der Waals surface area contributed by atoms with E-state index in [1.54, 1.807) is 4.52 Å². The van der Waals surface area contributed by atoms with Crippen molar-refractivity contribution in [3.63, 3.8) is 0 Å². The SMILES string of the molecule is Cc1nc2c(C(N)=O)cnn2c(C)c1CCC(=O)Nc1ccccc1N(C)c1ccccc1. The van der Waals surface area contributed by atoms with Crippen molar-refractivity contribution in [3.8, 4) is 0 Å².